The molecule has 1 aromatic heterocycles. The highest BCUT2D eigenvalue weighted by molar-refractivity contribution is 9.10. The summed E-state index contributed by atoms with van der Waals surface area (Å²) in [5.41, 5.74) is 1.52. The van der Waals surface area contributed by atoms with Gasteiger partial charge in [-0.05, 0) is 30.5 Å². The molecule has 2 atom stereocenters. The predicted octanol–water partition coefficient (Wildman–Crippen LogP) is 2.77. The van der Waals surface area contributed by atoms with Gasteiger partial charge in [0.05, 0.1) is 6.10 Å². The first kappa shape index (κ1) is 13.6. The van der Waals surface area contributed by atoms with E-state index in [1.807, 2.05) is 31.2 Å². The van der Waals surface area contributed by atoms with Crippen LogP contribution < -0.4 is 0 Å². The fourth-order valence-corrected chi connectivity index (χ4v) is 3.12. The Balaban J connectivity index is 1.87. The second-order valence-corrected chi connectivity index (χ2v) is 6.32. The third kappa shape index (κ3) is 2.36. The van der Waals surface area contributed by atoms with Gasteiger partial charge in [-0.2, -0.15) is 0 Å². The highest BCUT2D eigenvalue weighted by atomic mass is 79.9. The second kappa shape index (κ2) is 5.22. The molecule has 1 amide bonds. The number of aromatic amines is 1. The smallest absolute Gasteiger partial charge is 0.270 e. The molecule has 2 heterocycles. The Hall–Kier alpha value is -1.33. The fourth-order valence-electron chi connectivity index (χ4n) is 2.64. The van der Waals surface area contributed by atoms with E-state index in [1.54, 1.807) is 4.90 Å². The summed E-state index contributed by atoms with van der Waals surface area (Å²) in [6.45, 7) is 3.14. The average molecular weight is 337 g/mol. The molecular weight excluding hydrogens is 320 g/mol. The third-order valence-electron chi connectivity index (χ3n) is 4.05. The van der Waals surface area contributed by atoms with Crippen molar-refractivity contribution in [3.63, 3.8) is 0 Å². The molecule has 4 nitrogen and oxygen atoms in total. The molecule has 1 fully saturated rings. The molecule has 0 saturated carbocycles. The van der Waals surface area contributed by atoms with Crippen LogP contribution in [0.15, 0.2) is 28.7 Å². The van der Waals surface area contributed by atoms with Crippen molar-refractivity contribution in [2.24, 2.45) is 5.92 Å². The molecule has 0 aliphatic carbocycles. The number of hydrogen-bond donors (Lipinski definition) is 2. The molecule has 1 aliphatic rings. The van der Waals surface area contributed by atoms with Crippen LogP contribution >= 0.6 is 15.9 Å². The summed E-state index contributed by atoms with van der Waals surface area (Å²) in [5.74, 6) is 0.218. The van der Waals surface area contributed by atoms with Crippen LogP contribution in [0.1, 0.15) is 23.8 Å². The number of aliphatic hydroxyl groups excluding tert-OH is 1. The maximum absolute atomic E-state index is 12.5. The topological polar surface area (TPSA) is 56.3 Å². The second-order valence-electron chi connectivity index (χ2n) is 5.47. The Labute approximate surface area is 125 Å². The molecule has 0 radical (unpaired) electrons. The van der Waals surface area contributed by atoms with Gasteiger partial charge in [0.2, 0.25) is 0 Å². The van der Waals surface area contributed by atoms with Crippen LogP contribution in [-0.2, 0) is 0 Å². The van der Waals surface area contributed by atoms with E-state index < -0.39 is 6.10 Å². The van der Waals surface area contributed by atoms with Gasteiger partial charge < -0.3 is 15.0 Å². The van der Waals surface area contributed by atoms with Crippen LogP contribution in [0.2, 0.25) is 0 Å². The van der Waals surface area contributed by atoms with E-state index in [-0.39, 0.29) is 11.8 Å². The van der Waals surface area contributed by atoms with Crippen molar-refractivity contribution >= 4 is 32.7 Å². The van der Waals surface area contributed by atoms with Crippen LogP contribution in [0.5, 0.6) is 0 Å². The minimum atomic E-state index is -0.427. The zero-order valence-corrected chi connectivity index (χ0v) is 12.9. The Morgan fingerprint density at radius 2 is 2.30 bits per heavy atom. The number of halogens is 1. The summed E-state index contributed by atoms with van der Waals surface area (Å²) in [7, 11) is 0. The lowest BCUT2D eigenvalue weighted by molar-refractivity contribution is 0.0246. The molecule has 20 heavy (non-hydrogen) atoms. The number of aromatic nitrogens is 1. The summed E-state index contributed by atoms with van der Waals surface area (Å²) in [5, 5.41) is 10.9. The Kier molecular flexibility index (Phi) is 3.56. The molecule has 1 aliphatic heterocycles. The SMILES string of the molecule is CC1CCN(C(=O)c2cc3c(Br)cccc3[nH]2)CC1O. The van der Waals surface area contributed by atoms with Crippen molar-refractivity contribution in [1.82, 2.24) is 9.88 Å². The molecule has 0 bridgehead atoms. The summed E-state index contributed by atoms with van der Waals surface area (Å²) in [6.07, 6.45) is 0.417. The number of carbonyl (C=O) groups is 1. The number of β-amino-alcohol motifs (C(OH)–C–C–N with tert-alkyl or cyclic N) is 1. The van der Waals surface area contributed by atoms with E-state index in [0.717, 1.165) is 21.8 Å². The van der Waals surface area contributed by atoms with Crippen molar-refractivity contribution in [3.8, 4) is 0 Å². The Morgan fingerprint density at radius 3 is 3.00 bits per heavy atom. The number of benzene rings is 1. The van der Waals surface area contributed by atoms with E-state index >= 15 is 0 Å². The van der Waals surface area contributed by atoms with Crippen LogP contribution in [-0.4, -0.2) is 40.1 Å². The molecule has 106 valence electrons. The molecular formula is C15H17BrN2O2. The van der Waals surface area contributed by atoms with Gasteiger partial charge in [-0.15, -0.1) is 0 Å². The van der Waals surface area contributed by atoms with Crippen LogP contribution in [0.25, 0.3) is 10.9 Å². The Bertz CT molecular complexity index is 652. The zero-order valence-electron chi connectivity index (χ0n) is 11.3. The fraction of sp³-hybridized carbons (Fsp3) is 0.400. The number of nitrogens with one attached hydrogen (secondary N) is 1. The zero-order chi connectivity index (χ0) is 14.3. The lowest BCUT2D eigenvalue weighted by Crippen LogP contribution is -2.45. The van der Waals surface area contributed by atoms with Crippen molar-refractivity contribution in [3.05, 3.63) is 34.4 Å². The molecule has 2 aromatic rings. The summed E-state index contributed by atoms with van der Waals surface area (Å²) >= 11 is 3.49. The van der Waals surface area contributed by atoms with Gasteiger partial charge in [-0.3, -0.25) is 4.79 Å². The number of nitrogens with zero attached hydrogens (tertiary/aromatic N) is 1. The van der Waals surface area contributed by atoms with Gasteiger partial charge in [0.25, 0.3) is 5.91 Å². The largest absolute Gasteiger partial charge is 0.391 e. The molecule has 3 rings (SSSR count). The van der Waals surface area contributed by atoms with Crippen LogP contribution in [0.4, 0.5) is 0 Å². The summed E-state index contributed by atoms with van der Waals surface area (Å²) < 4.78 is 0.970. The van der Waals surface area contributed by atoms with Gasteiger partial charge in [0.15, 0.2) is 0 Å². The molecule has 1 saturated heterocycles. The van der Waals surface area contributed by atoms with E-state index in [9.17, 15) is 9.90 Å². The van der Waals surface area contributed by atoms with Crippen LogP contribution in [0.3, 0.4) is 0 Å². The first-order chi connectivity index (χ1) is 9.56. The van der Waals surface area contributed by atoms with Crippen LogP contribution in [0, 0.1) is 5.92 Å². The number of H-pyrrole nitrogens is 1. The van der Waals surface area contributed by atoms with Crippen molar-refractivity contribution in [1.29, 1.82) is 0 Å². The van der Waals surface area contributed by atoms with Gasteiger partial charge in [0.1, 0.15) is 5.69 Å². The number of rotatable bonds is 1. The first-order valence-electron chi connectivity index (χ1n) is 6.81. The molecule has 0 spiro atoms. The van der Waals surface area contributed by atoms with E-state index in [1.165, 1.54) is 0 Å². The molecule has 5 heteroatoms. The lowest BCUT2D eigenvalue weighted by Gasteiger charge is -2.34. The minimum Gasteiger partial charge on any atom is -0.391 e. The number of likely N-dealkylation sites (tertiary alicyclic amines) is 1. The number of aliphatic hydroxyl groups is 1. The minimum absolute atomic E-state index is 0.0425. The molecule has 1 aromatic carbocycles. The Morgan fingerprint density at radius 1 is 1.50 bits per heavy atom. The summed E-state index contributed by atoms with van der Waals surface area (Å²) in [4.78, 5) is 17.4. The molecule has 2 N–H and O–H groups in total. The van der Waals surface area contributed by atoms with E-state index in [0.29, 0.717) is 18.8 Å². The quantitative estimate of drug-likeness (QED) is 0.841. The van der Waals surface area contributed by atoms with Gasteiger partial charge in [-0.25, -0.2) is 0 Å². The van der Waals surface area contributed by atoms with Crippen molar-refractivity contribution in [2.75, 3.05) is 13.1 Å². The molecule has 2 unspecified atom stereocenters. The van der Waals surface area contributed by atoms with Gasteiger partial charge >= 0.3 is 0 Å². The number of amides is 1. The predicted molar refractivity (Wildman–Crippen MR) is 81.7 cm³/mol. The third-order valence-corrected chi connectivity index (χ3v) is 4.74. The standard InChI is InChI=1S/C15H17BrN2O2/c1-9-5-6-18(8-14(9)19)15(20)13-7-10-11(16)3-2-4-12(10)17-13/h2-4,7,9,14,17,19H,5-6,8H2,1H3. The van der Waals surface area contributed by atoms with Crippen molar-refractivity contribution < 1.29 is 9.90 Å². The van der Waals surface area contributed by atoms with E-state index in [2.05, 4.69) is 20.9 Å². The van der Waals surface area contributed by atoms with Gasteiger partial charge in [0, 0.05) is 28.5 Å². The average Bonchev–Trinajstić information content (AvgIpc) is 2.86. The first-order valence-corrected chi connectivity index (χ1v) is 7.60. The lowest BCUT2D eigenvalue weighted by atomic mass is 9.96. The number of piperidine rings is 1. The normalized spacial score (nSPS) is 23.2. The maximum atomic E-state index is 12.5. The summed E-state index contributed by atoms with van der Waals surface area (Å²) in [6, 6.07) is 7.70. The van der Waals surface area contributed by atoms with E-state index in [4.69, 9.17) is 0 Å². The number of carbonyl (C=O) groups excluding carboxylic acids is 1. The number of fused-ring (bicyclic) bond motifs is 1. The van der Waals surface area contributed by atoms with Gasteiger partial charge in [-0.1, -0.05) is 28.9 Å². The number of hydrogen-bond acceptors (Lipinski definition) is 2. The highest BCUT2D eigenvalue weighted by Crippen LogP contribution is 2.26. The maximum Gasteiger partial charge on any atom is 0.270 e. The van der Waals surface area contributed by atoms with Crippen molar-refractivity contribution in [2.45, 2.75) is 19.4 Å². The monoisotopic (exact) mass is 336 g/mol. The highest BCUT2D eigenvalue weighted by Gasteiger charge is 2.28.